The Balaban J connectivity index is 1.69. The largest absolute Gasteiger partial charge is 0.494 e. The third kappa shape index (κ3) is 5.10. The molecule has 0 radical (unpaired) electrons. The predicted octanol–water partition coefficient (Wildman–Crippen LogP) is 3.85. The molecule has 2 aromatic rings. The van der Waals surface area contributed by atoms with Crippen molar-refractivity contribution in [3.63, 3.8) is 0 Å². The molecule has 1 aliphatic carbocycles. The van der Waals surface area contributed by atoms with E-state index in [1.165, 1.54) is 0 Å². The lowest BCUT2D eigenvalue weighted by Gasteiger charge is -2.27. The number of aryl methyl sites for hydroxylation is 1. The molecule has 150 valence electrons. The summed E-state index contributed by atoms with van der Waals surface area (Å²) in [5, 5.41) is 6.45. The van der Waals surface area contributed by atoms with E-state index < -0.39 is 0 Å². The highest BCUT2D eigenvalue weighted by Gasteiger charge is 2.25. The Morgan fingerprint density at radius 2 is 1.89 bits per heavy atom. The van der Waals surface area contributed by atoms with Gasteiger partial charge in [-0.3, -0.25) is 9.78 Å². The monoisotopic (exact) mass is 381 g/mol. The van der Waals surface area contributed by atoms with E-state index in [1.54, 1.807) is 0 Å². The summed E-state index contributed by atoms with van der Waals surface area (Å²) in [7, 11) is 2.00. The number of ether oxygens (including phenoxy) is 1. The lowest BCUT2D eigenvalue weighted by Crippen LogP contribution is -2.37. The van der Waals surface area contributed by atoms with Crippen molar-refractivity contribution >= 4 is 5.91 Å². The van der Waals surface area contributed by atoms with Crippen LogP contribution in [0.5, 0.6) is 5.75 Å². The summed E-state index contributed by atoms with van der Waals surface area (Å²) < 4.78 is 5.78. The molecule has 1 aliphatic rings. The molecule has 0 atom stereocenters. The second-order valence-electron chi connectivity index (χ2n) is 7.50. The topological polar surface area (TPSA) is 63.2 Å². The first-order chi connectivity index (χ1) is 13.6. The number of pyridine rings is 1. The number of rotatable bonds is 7. The lowest BCUT2D eigenvalue weighted by molar-refractivity contribution is -0.126. The first kappa shape index (κ1) is 20.3. The third-order valence-corrected chi connectivity index (χ3v) is 5.56. The molecule has 1 heterocycles. The smallest absolute Gasteiger partial charge is 0.223 e. The molecule has 5 nitrogen and oxygen atoms in total. The fourth-order valence-electron chi connectivity index (χ4n) is 3.80. The third-order valence-electron chi connectivity index (χ3n) is 5.56. The van der Waals surface area contributed by atoms with E-state index in [2.05, 4.69) is 27.8 Å². The fourth-order valence-corrected chi connectivity index (χ4v) is 3.80. The number of hydrogen-bond acceptors (Lipinski definition) is 4. The minimum atomic E-state index is 0.115. The molecule has 0 saturated heterocycles. The van der Waals surface area contributed by atoms with E-state index in [-0.39, 0.29) is 11.8 Å². The summed E-state index contributed by atoms with van der Waals surface area (Å²) in [6, 6.07) is 10.7. The van der Waals surface area contributed by atoms with Gasteiger partial charge in [-0.15, -0.1) is 0 Å². The summed E-state index contributed by atoms with van der Waals surface area (Å²) in [6.07, 6.45) is 5.91. The van der Waals surface area contributed by atoms with Crippen molar-refractivity contribution in [1.29, 1.82) is 0 Å². The Morgan fingerprint density at radius 3 is 2.54 bits per heavy atom. The van der Waals surface area contributed by atoms with Crippen molar-refractivity contribution in [2.24, 2.45) is 5.92 Å². The number of nitrogens with zero attached hydrogens (tertiary/aromatic N) is 1. The van der Waals surface area contributed by atoms with Gasteiger partial charge in [-0.25, -0.2) is 0 Å². The summed E-state index contributed by atoms with van der Waals surface area (Å²) in [5.41, 5.74) is 4.13. The number of aromatic nitrogens is 1. The van der Waals surface area contributed by atoms with Crippen LogP contribution in [-0.2, 0) is 11.3 Å². The van der Waals surface area contributed by atoms with Crippen LogP contribution in [0.15, 0.2) is 36.5 Å². The molecule has 3 rings (SSSR count). The quantitative estimate of drug-likeness (QED) is 0.765. The first-order valence-electron chi connectivity index (χ1n) is 10.2. The molecule has 1 fully saturated rings. The van der Waals surface area contributed by atoms with E-state index in [1.807, 2.05) is 45.3 Å². The van der Waals surface area contributed by atoms with Crippen molar-refractivity contribution in [2.75, 3.05) is 13.7 Å². The molecular weight excluding hydrogens is 350 g/mol. The van der Waals surface area contributed by atoms with Crippen LogP contribution >= 0.6 is 0 Å². The molecule has 1 aromatic heterocycles. The van der Waals surface area contributed by atoms with Gasteiger partial charge in [-0.2, -0.15) is 0 Å². The molecular formula is C23H31N3O2. The second kappa shape index (κ2) is 9.69. The van der Waals surface area contributed by atoms with E-state index in [0.717, 1.165) is 53.8 Å². The number of carbonyl (C=O) groups is 1. The van der Waals surface area contributed by atoms with Gasteiger partial charge in [0.25, 0.3) is 0 Å². The van der Waals surface area contributed by atoms with Gasteiger partial charge >= 0.3 is 0 Å². The highest BCUT2D eigenvalue weighted by molar-refractivity contribution is 5.79. The van der Waals surface area contributed by atoms with Crippen molar-refractivity contribution in [3.8, 4) is 16.9 Å². The Kier molecular flexibility index (Phi) is 7.04. The Morgan fingerprint density at radius 1 is 1.14 bits per heavy atom. The van der Waals surface area contributed by atoms with Crippen LogP contribution in [0.25, 0.3) is 11.1 Å². The van der Waals surface area contributed by atoms with Crippen LogP contribution in [0.1, 0.15) is 43.9 Å². The zero-order chi connectivity index (χ0) is 19.9. The fraction of sp³-hybridized carbons (Fsp3) is 0.478. The van der Waals surface area contributed by atoms with E-state index in [0.29, 0.717) is 19.2 Å². The lowest BCUT2D eigenvalue weighted by atomic mass is 9.85. The SMILES string of the molecule is CCOc1ccc(-c2ccc(C)nc2)cc1CNC(=O)C1CCC(NC)CC1. The van der Waals surface area contributed by atoms with E-state index in [9.17, 15) is 4.79 Å². The molecule has 0 spiro atoms. The van der Waals surface area contributed by atoms with Gasteiger partial charge in [-0.1, -0.05) is 12.1 Å². The number of benzene rings is 1. The first-order valence-corrected chi connectivity index (χ1v) is 10.2. The molecule has 2 N–H and O–H groups in total. The standard InChI is InChI=1S/C23H31N3O2/c1-4-28-22-12-9-18(19-6-5-16(2)25-14-19)13-20(22)15-26-23(27)17-7-10-21(24-3)11-8-17/h5-6,9,12-14,17,21,24H,4,7-8,10-11,15H2,1-3H3,(H,26,27). The Hall–Kier alpha value is -2.40. The average Bonchev–Trinajstić information content (AvgIpc) is 2.73. The molecule has 0 unspecified atom stereocenters. The zero-order valence-electron chi connectivity index (χ0n) is 17.1. The normalized spacial score (nSPS) is 19.2. The second-order valence-corrected chi connectivity index (χ2v) is 7.50. The molecule has 0 aliphatic heterocycles. The van der Waals surface area contributed by atoms with Gasteiger partial charge in [0.05, 0.1) is 6.61 Å². The molecule has 0 bridgehead atoms. The number of amides is 1. The summed E-state index contributed by atoms with van der Waals surface area (Å²) in [4.78, 5) is 17.0. The Bertz CT molecular complexity index is 781. The Labute approximate surface area is 167 Å². The van der Waals surface area contributed by atoms with Gasteiger partial charge in [-0.05, 0) is 70.3 Å². The maximum atomic E-state index is 12.6. The highest BCUT2D eigenvalue weighted by atomic mass is 16.5. The van der Waals surface area contributed by atoms with Crippen LogP contribution in [0.2, 0.25) is 0 Å². The minimum Gasteiger partial charge on any atom is -0.494 e. The van der Waals surface area contributed by atoms with E-state index >= 15 is 0 Å². The predicted molar refractivity (Wildman–Crippen MR) is 112 cm³/mol. The highest BCUT2D eigenvalue weighted by Crippen LogP contribution is 2.28. The van der Waals surface area contributed by atoms with Gasteiger partial charge in [0.1, 0.15) is 5.75 Å². The number of hydrogen-bond donors (Lipinski definition) is 2. The summed E-state index contributed by atoms with van der Waals surface area (Å²) in [6.45, 7) is 5.03. The van der Waals surface area contributed by atoms with Gasteiger partial charge in [0, 0.05) is 41.5 Å². The molecule has 28 heavy (non-hydrogen) atoms. The van der Waals surface area contributed by atoms with Crippen LogP contribution in [-0.4, -0.2) is 30.6 Å². The van der Waals surface area contributed by atoms with Crippen LogP contribution in [0, 0.1) is 12.8 Å². The van der Waals surface area contributed by atoms with Gasteiger partial charge in [0.2, 0.25) is 5.91 Å². The summed E-state index contributed by atoms with van der Waals surface area (Å²) in [5.74, 6) is 1.09. The molecule has 1 amide bonds. The van der Waals surface area contributed by atoms with Gasteiger partial charge < -0.3 is 15.4 Å². The van der Waals surface area contributed by atoms with Crippen molar-refractivity contribution < 1.29 is 9.53 Å². The minimum absolute atomic E-state index is 0.115. The van der Waals surface area contributed by atoms with Crippen molar-refractivity contribution in [1.82, 2.24) is 15.6 Å². The maximum Gasteiger partial charge on any atom is 0.223 e. The molecule has 5 heteroatoms. The van der Waals surface area contributed by atoms with Crippen LogP contribution in [0.3, 0.4) is 0 Å². The van der Waals surface area contributed by atoms with Crippen LogP contribution < -0.4 is 15.4 Å². The molecule has 1 saturated carbocycles. The van der Waals surface area contributed by atoms with Crippen molar-refractivity contribution in [3.05, 3.63) is 47.8 Å². The number of carbonyl (C=O) groups excluding carboxylic acids is 1. The van der Waals surface area contributed by atoms with Crippen molar-refractivity contribution in [2.45, 2.75) is 52.1 Å². The molecule has 1 aromatic carbocycles. The average molecular weight is 382 g/mol. The maximum absolute atomic E-state index is 12.6. The van der Waals surface area contributed by atoms with Gasteiger partial charge in [0.15, 0.2) is 0 Å². The van der Waals surface area contributed by atoms with E-state index in [4.69, 9.17) is 4.74 Å². The van der Waals surface area contributed by atoms with Crippen LogP contribution in [0.4, 0.5) is 0 Å². The summed E-state index contributed by atoms with van der Waals surface area (Å²) >= 11 is 0. The number of nitrogens with one attached hydrogen (secondary N) is 2. The zero-order valence-corrected chi connectivity index (χ0v) is 17.1.